The summed E-state index contributed by atoms with van der Waals surface area (Å²) in [5.74, 6) is -0.367. The highest BCUT2D eigenvalue weighted by molar-refractivity contribution is 5.27. The molecule has 1 heterocycles. The van der Waals surface area contributed by atoms with Crippen LogP contribution in [0, 0.1) is 5.82 Å². The quantitative estimate of drug-likeness (QED) is 0.811. The summed E-state index contributed by atoms with van der Waals surface area (Å²) >= 11 is 0. The van der Waals surface area contributed by atoms with E-state index >= 15 is 0 Å². The predicted molar refractivity (Wildman–Crippen MR) is 56.7 cm³/mol. The molecule has 2 aromatic rings. The highest BCUT2D eigenvalue weighted by Crippen LogP contribution is 2.19. The number of hydrogen-bond donors (Lipinski definition) is 1. The molecule has 0 bridgehead atoms. The third-order valence-electron chi connectivity index (χ3n) is 2.24. The number of aromatic nitrogens is 1. The molecule has 0 aliphatic heterocycles. The molecule has 15 heavy (non-hydrogen) atoms. The molecule has 0 aliphatic carbocycles. The van der Waals surface area contributed by atoms with Crippen molar-refractivity contribution in [2.75, 3.05) is 0 Å². The zero-order valence-electron chi connectivity index (χ0n) is 8.10. The first kappa shape index (κ1) is 9.80. The summed E-state index contributed by atoms with van der Waals surface area (Å²) in [4.78, 5) is 3.95. The second kappa shape index (κ2) is 4.19. The van der Waals surface area contributed by atoms with E-state index in [2.05, 4.69) is 4.98 Å². The topological polar surface area (TPSA) is 38.9 Å². The molecule has 1 aromatic heterocycles. The Labute approximate surface area is 87.6 Å². The molecular formula is C12H11FN2. The van der Waals surface area contributed by atoms with Crippen molar-refractivity contribution in [3.05, 3.63) is 65.7 Å². The van der Waals surface area contributed by atoms with Crippen molar-refractivity contribution in [2.45, 2.75) is 6.04 Å². The van der Waals surface area contributed by atoms with Crippen LogP contribution in [0.3, 0.4) is 0 Å². The van der Waals surface area contributed by atoms with Gasteiger partial charge in [-0.15, -0.1) is 0 Å². The molecule has 0 fully saturated rings. The number of benzene rings is 1. The maximum Gasteiger partial charge on any atom is 0.146 e. The van der Waals surface area contributed by atoms with E-state index in [4.69, 9.17) is 5.73 Å². The van der Waals surface area contributed by atoms with E-state index in [0.29, 0.717) is 0 Å². The smallest absolute Gasteiger partial charge is 0.146 e. The van der Waals surface area contributed by atoms with Gasteiger partial charge in [-0.25, -0.2) is 4.39 Å². The van der Waals surface area contributed by atoms with Crippen LogP contribution in [0.15, 0.2) is 48.7 Å². The van der Waals surface area contributed by atoms with Gasteiger partial charge in [0.2, 0.25) is 0 Å². The molecule has 1 atom stereocenters. The molecule has 1 unspecified atom stereocenters. The molecule has 0 amide bonds. The number of nitrogens with two attached hydrogens (primary N) is 1. The second-order valence-electron chi connectivity index (χ2n) is 3.26. The van der Waals surface area contributed by atoms with Crippen LogP contribution >= 0.6 is 0 Å². The van der Waals surface area contributed by atoms with Gasteiger partial charge in [0.1, 0.15) is 5.82 Å². The van der Waals surface area contributed by atoms with E-state index in [1.54, 1.807) is 12.3 Å². The minimum Gasteiger partial charge on any atom is -0.319 e. The minimum atomic E-state index is -0.507. The summed E-state index contributed by atoms with van der Waals surface area (Å²) in [6.45, 7) is 0. The van der Waals surface area contributed by atoms with Crippen molar-refractivity contribution in [1.82, 2.24) is 4.98 Å². The van der Waals surface area contributed by atoms with Gasteiger partial charge in [-0.1, -0.05) is 30.3 Å². The Morgan fingerprint density at radius 2 is 1.80 bits per heavy atom. The maximum absolute atomic E-state index is 13.4. The molecule has 0 radical (unpaired) electrons. The molecule has 2 nitrogen and oxygen atoms in total. The van der Waals surface area contributed by atoms with Gasteiger partial charge in [0.15, 0.2) is 0 Å². The Bertz CT molecular complexity index is 442. The third-order valence-corrected chi connectivity index (χ3v) is 2.24. The molecule has 0 saturated heterocycles. The highest BCUT2D eigenvalue weighted by atomic mass is 19.1. The van der Waals surface area contributed by atoms with E-state index in [1.165, 1.54) is 6.07 Å². The summed E-state index contributed by atoms with van der Waals surface area (Å²) in [5.41, 5.74) is 7.05. The van der Waals surface area contributed by atoms with Crippen molar-refractivity contribution in [2.24, 2.45) is 5.73 Å². The molecule has 1 aromatic carbocycles. The average molecular weight is 202 g/mol. The standard InChI is InChI=1S/C12H11FN2/c13-10-7-4-8-15-12(10)11(14)9-5-2-1-3-6-9/h1-8,11H,14H2. The van der Waals surface area contributed by atoms with Gasteiger partial charge in [0.25, 0.3) is 0 Å². The summed E-state index contributed by atoms with van der Waals surface area (Å²) < 4.78 is 13.4. The van der Waals surface area contributed by atoms with Crippen LogP contribution in [0.4, 0.5) is 4.39 Å². The number of rotatable bonds is 2. The minimum absolute atomic E-state index is 0.281. The van der Waals surface area contributed by atoms with Crippen LogP contribution in [0.25, 0.3) is 0 Å². The van der Waals surface area contributed by atoms with E-state index in [9.17, 15) is 4.39 Å². The molecule has 0 aliphatic rings. The zero-order valence-corrected chi connectivity index (χ0v) is 8.10. The molecule has 0 spiro atoms. The van der Waals surface area contributed by atoms with Crippen LogP contribution < -0.4 is 5.73 Å². The summed E-state index contributed by atoms with van der Waals surface area (Å²) in [6, 6.07) is 11.8. The van der Waals surface area contributed by atoms with Crippen LogP contribution in [0.5, 0.6) is 0 Å². The van der Waals surface area contributed by atoms with E-state index in [0.717, 1.165) is 5.56 Å². The van der Waals surface area contributed by atoms with Crippen LogP contribution in [0.1, 0.15) is 17.3 Å². The maximum atomic E-state index is 13.4. The monoisotopic (exact) mass is 202 g/mol. The van der Waals surface area contributed by atoms with Gasteiger partial charge in [-0.3, -0.25) is 4.98 Å². The molecule has 2 N–H and O–H groups in total. The predicted octanol–water partition coefficient (Wildman–Crippen LogP) is 2.27. The van der Waals surface area contributed by atoms with Gasteiger partial charge in [-0.2, -0.15) is 0 Å². The first-order valence-corrected chi connectivity index (χ1v) is 4.70. The van der Waals surface area contributed by atoms with Crippen LogP contribution in [-0.2, 0) is 0 Å². The molecular weight excluding hydrogens is 191 g/mol. The van der Waals surface area contributed by atoms with Gasteiger partial charge in [0.05, 0.1) is 11.7 Å². The lowest BCUT2D eigenvalue weighted by Crippen LogP contribution is -2.15. The SMILES string of the molecule is NC(c1ccccc1)c1ncccc1F. The number of hydrogen-bond acceptors (Lipinski definition) is 2. The van der Waals surface area contributed by atoms with E-state index in [1.807, 2.05) is 30.3 Å². The molecule has 2 rings (SSSR count). The van der Waals surface area contributed by atoms with Crippen molar-refractivity contribution in [1.29, 1.82) is 0 Å². The average Bonchev–Trinajstić information content (AvgIpc) is 2.30. The van der Waals surface area contributed by atoms with Crippen molar-refractivity contribution < 1.29 is 4.39 Å². The fourth-order valence-corrected chi connectivity index (χ4v) is 1.44. The van der Waals surface area contributed by atoms with Crippen LogP contribution in [-0.4, -0.2) is 4.98 Å². The second-order valence-corrected chi connectivity index (χ2v) is 3.26. The largest absolute Gasteiger partial charge is 0.319 e. The number of pyridine rings is 1. The fourth-order valence-electron chi connectivity index (χ4n) is 1.44. The van der Waals surface area contributed by atoms with Crippen molar-refractivity contribution >= 4 is 0 Å². The van der Waals surface area contributed by atoms with Gasteiger partial charge in [-0.05, 0) is 17.7 Å². The molecule has 3 heteroatoms. The summed E-state index contributed by atoms with van der Waals surface area (Å²) in [7, 11) is 0. The van der Waals surface area contributed by atoms with Gasteiger partial charge >= 0.3 is 0 Å². The Morgan fingerprint density at radius 1 is 1.07 bits per heavy atom. The third kappa shape index (κ3) is 2.02. The van der Waals surface area contributed by atoms with Crippen LogP contribution in [0.2, 0.25) is 0 Å². The lowest BCUT2D eigenvalue weighted by molar-refractivity contribution is 0.586. The first-order valence-electron chi connectivity index (χ1n) is 4.70. The normalized spacial score (nSPS) is 12.4. The number of halogens is 1. The van der Waals surface area contributed by atoms with Gasteiger partial charge < -0.3 is 5.73 Å². The Kier molecular flexibility index (Phi) is 2.74. The Balaban J connectivity index is 2.37. The van der Waals surface area contributed by atoms with E-state index in [-0.39, 0.29) is 11.5 Å². The molecule has 76 valence electrons. The summed E-state index contributed by atoms with van der Waals surface area (Å²) in [6.07, 6.45) is 1.54. The Hall–Kier alpha value is -1.74. The fraction of sp³-hybridized carbons (Fsp3) is 0.0833. The van der Waals surface area contributed by atoms with E-state index < -0.39 is 6.04 Å². The highest BCUT2D eigenvalue weighted by Gasteiger charge is 2.13. The zero-order chi connectivity index (χ0) is 10.7. The molecule has 0 saturated carbocycles. The lowest BCUT2D eigenvalue weighted by Gasteiger charge is -2.11. The lowest BCUT2D eigenvalue weighted by atomic mass is 10.0. The Morgan fingerprint density at radius 3 is 2.47 bits per heavy atom. The number of nitrogens with zero attached hydrogens (tertiary/aromatic N) is 1. The van der Waals surface area contributed by atoms with Crippen molar-refractivity contribution in [3.8, 4) is 0 Å². The van der Waals surface area contributed by atoms with Gasteiger partial charge in [0, 0.05) is 6.20 Å². The summed E-state index contributed by atoms with van der Waals surface area (Å²) in [5, 5.41) is 0. The first-order chi connectivity index (χ1) is 7.29. The van der Waals surface area contributed by atoms with Crippen molar-refractivity contribution in [3.63, 3.8) is 0 Å².